The van der Waals surface area contributed by atoms with Crippen LogP contribution in [0.5, 0.6) is 0 Å². The molecule has 3 aliphatic heterocycles. The van der Waals surface area contributed by atoms with E-state index in [4.69, 9.17) is 4.74 Å². The number of aryl methyl sites for hydroxylation is 1. The Hall–Kier alpha value is -2.67. The highest BCUT2D eigenvalue weighted by atomic mass is 16.5. The Balaban J connectivity index is 1.49. The Morgan fingerprint density at radius 3 is 2.52 bits per heavy atom. The standard InChI is InChI=1S/C24H29N3O4/c1-13-7-5-6-8-15(13)25-20(28)17-16-11-12-24(31-16)18(17)22(30)27(14-9-10-14)19(24)21(29)26-23(2,3)4/h5-8,11-12,14,16-19H,9-10H2,1-4H3,(H,25,28)(H,26,29). The van der Waals surface area contributed by atoms with Crippen molar-refractivity contribution >= 4 is 23.4 Å². The van der Waals surface area contributed by atoms with Gasteiger partial charge in [-0.3, -0.25) is 14.4 Å². The third-order valence-corrected chi connectivity index (χ3v) is 6.70. The van der Waals surface area contributed by atoms with Crippen molar-refractivity contribution in [3.63, 3.8) is 0 Å². The topological polar surface area (TPSA) is 87.7 Å². The van der Waals surface area contributed by atoms with Crippen LogP contribution in [0.2, 0.25) is 0 Å². The molecule has 4 aliphatic rings. The Labute approximate surface area is 182 Å². The first-order chi connectivity index (χ1) is 14.6. The Bertz CT molecular complexity index is 993. The van der Waals surface area contributed by atoms with E-state index in [1.165, 1.54) is 0 Å². The van der Waals surface area contributed by atoms with Gasteiger partial charge in [0.05, 0.1) is 17.9 Å². The van der Waals surface area contributed by atoms with Gasteiger partial charge >= 0.3 is 0 Å². The monoisotopic (exact) mass is 423 g/mol. The minimum Gasteiger partial charge on any atom is -0.359 e. The van der Waals surface area contributed by atoms with Gasteiger partial charge in [0, 0.05) is 17.3 Å². The number of anilines is 1. The van der Waals surface area contributed by atoms with Gasteiger partial charge in [-0.05, 0) is 52.2 Å². The molecule has 3 fully saturated rings. The lowest BCUT2D eigenvalue weighted by molar-refractivity contribution is -0.142. The van der Waals surface area contributed by atoms with E-state index in [1.807, 2.05) is 64.1 Å². The molecule has 2 saturated heterocycles. The van der Waals surface area contributed by atoms with E-state index in [2.05, 4.69) is 10.6 Å². The molecule has 5 unspecified atom stereocenters. The number of nitrogens with one attached hydrogen (secondary N) is 2. The van der Waals surface area contributed by atoms with Crippen LogP contribution in [-0.4, -0.2) is 51.9 Å². The molecular weight excluding hydrogens is 394 g/mol. The molecule has 3 amide bonds. The molecule has 0 aromatic heterocycles. The molecule has 164 valence electrons. The zero-order valence-corrected chi connectivity index (χ0v) is 18.3. The van der Waals surface area contributed by atoms with Crippen LogP contribution in [0.4, 0.5) is 5.69 Å². The first-order valence-corrected chi connectivity index (χ1v) is 11.0. The number of ether oxygens (including phenoxy) is 1. The summed E-state index contributed by atoms with van der Waals surface area (Å²) in [6.45, 7) is 7.68. The summed E-state index contributed by atoms with van der Waals surface area (Å²) in [6.07, 6.45) is 4.94. The van der Waals surface area contributed by atoms with E-state index in [0.717, 1.165) is 24.1 Å². The number of amides is 3. The zero-order valence-electron chi connectivity index (χ0n) is 18.3. The average molecular weight is 424 g/mol. The third kappa shape index (κ3) is 3.09. The van der Waals surface area contributed by atoms with Crippen LogP contribution in [0, 0.1) is 18.8 Å². The number of hydrogen-bond donors (Lipinski definition) is 2. The minimum absolute atomic E-state index is 0.0410. The van der Waals surface area contributed by atoms with Crippen LogP contribution in [0.15, 0.2) is 36.4 Å². The van der Waals surface area contributed by atoms with Crippen LogP contribution in [0.3, 0.4) is 0 Å². The highest BCUT2D eigenvalue weighted by Crippen LogP contribution is 2.57. The first kappa shape index (κ1) is 20.2. The number of para-hydroxylation sites is 1. The predicted octanol–water partition coefficient (Wildman–Crippen LogP) is 2.16. The molecule has 2 bridgehead atoms. The summed E-state index contributed by atoms with van der Waals surface area (Å²) >= 11 is 0. The minimum atomic E-state index is -1.09. The van der Waals surface area contributed by atoms with Gasteiger partial charge in [-0.15, -0.1) is 0 Å². The van der Waals surface area contributed by atoms with Gasteiger partial charge < -0.3 is 20.3 Å². The summed E-state index contributed by atoms with van der Waals surface area (Å²) in [7, 11) is 0. The van der Waals surface area contributed by atoms with E-state index in [0.29, 0.717) is 0 Å². The average Bonchev–Trinajstić information content (AvgIpc) is 3.27. The van der Waals surface area contributed by atoms with Crippen LogP contribution in [-0.2, 0) is 19.1 Å². The van der Waals surface area contributed by atoms with Crippen molar-refractivity contribution in [1.29, 1.82) is 0 Å². The van der Waals surface area contributed by atoms with Crippen molar-refractivity contribution in [2.24, 2.45) is 11.8 Å². The lowest BCUT2D eigenvalue weighted by Gasteiger charge is -2.34. The molecule has 2 N–H and O–H groups in total. The van der Waals surface area contributed by atoms with Crippen molar-refractivity contribution < 1.29 is 19.1 Å². The number of likely N-dealkylation sites (tertiary alicyclic amines) is 1. The van der Waals surface area contributed by atoms with Gasteiger partial charge in [0.15, 0.2) is 0 Å². The van der Waals surface area contributed by atoms with Gasteiger partial charge in [0.2, 0.25) is 17.7 Å². The molecule has 7 nitrogen and oxygen atoms in total. The highest BCUT2D eigenvalue weighted by Gasteiger charge is 2.74. The predicted molar refractivity (Wildman–Crippen MR) is 115 cm³/mol. The summed E-state index contributed by atoms with van der Waals surface area (Å²) in [4.78, 5) is 42.0. The van der Waals surface area contributed by atoms with E-state index in [9.17, 15) is 14.4 Å². The van der Waals surface area contributed by atoms with Gasteiger partial charge in [0.25, 0.3) is 0 Å². The number of carbonyl (C=O) groups excluding carboxylic acids is 3. The smallest absolute Gasteiger partial charge is 0.246 e. The molecule has 1 spiro atoms. The van der Waals surface area contributed by atoms with E-state index >= 15 is 0 Å². The quantitative estimate of drug-likeness (QED) is 0.727. The first-order valence-electron chi connectivity index (χ1n) is 11.0. The number of rotatable bonds is 4. The van der Waals surface area contributed by atoms with Crippen LogP contribution >= 0.6 is 0 Å². The molecule has 1 aromatic rings. The van der Waals surface area contributed by atoms with Gasteiger partial charge in [-0.25, -0.2) is 0 Å². The Morgan fingerprint density at radius 2 is 1.87 bits per heavy atom. The number of fused-ring (bicyclic) bond motifs is 1. The molecule has 3 heterocycles. The molecule has 5 atom stereocenters. The fourth-order valence-electron chi connectivity index (χ4n) is 5.32. The summed E-state index contributed by atoms with van der Waals surface area (Å²) in [5.74, 6) is -1.96. The molecule has 31 heavy (non-hydrogen) atoms. The molecule has 7 heteroatoms. The maximum atomic E-state index is 13.6. The Kier molecular flexibility index (Phi) is 4.35. The Morgan fingerprint density at radius 1 is 1.16 bits per heavy atom. The summed E-state index contributed by atoms with van der Waals surface area (Å²) in [5.41, 5.74) is 0.143. The summed E-state index contributed by atoms with van der Waals surface area (Å²) < 4.78 is 6.32. The second-order valence-electron chi connectivity index (χ2n) is 10.2. The number of hydrogen-bond acceptors (Lipinski definition) is 4. The second-order valence-corrected chi connectivity index (χ2v) is 10.2. The van der Waals surface area contributed by atoms with Crippen molar-refractivity contribution in [1.82, 2.24) is 10.2 Å². The fourth-order valence-corrected chi connectivity index (χ4v) is 5.32. The molecule has 5 rings (SSSR count). The van der Waals surface area contributed by atoms with Gasteiger partial charge in [-0.1, -0.05) is 30.4 Å². The van der Waals surface area contributed by atoms with Crippen molar-refractivity contribution in [3.05, 3.63) is 42.0 Å². The second kappa shape index (κ2) is 6.66. The van der Waals surface area contributed by atoms with E-state index in [1.54, 1.807) is 4.90 Å². The maximum absolute atomic E-state index is 13.6. The highest BCUT2D eigenvalue weighted by molar-refractivity contribution is 6.03. The van der Waals surface area contributed by atoms with E-state index < -0.39 is 35.1 Å². The molecule has 1 aromatic carbocycles. The molecule has 0 radical (unpaired) electrons. The largest absolute Gasteiger partial charge is 0.359 e. The molecule has 1 aliphatic carbocycles. The van der Waals surface area contributed by atoms with E-state index in [-0.39, 0.29) is 23.8 Å². The van der Waals surface area contributed by atoms with Crippen LogP contribution in [0.25, 0.3) is 0 Å². The van der Waals surface area contributed by atoms with Gasteiger partial charge in [-0.2, -0.15) is 0 Å². The van der Waals surface area contributed by atoms with Crippen molar-refractivity contribution in [3.8, 4) is 0 Å². The van der Waals surface area contributed by atoms with Crippen LogP contribution < -0.4 is 10.6 Å². The molecular formula is C24H29N3O4. The lowest BCUT2D eigenvalue weighted by Crippen LogP contribution is -2.58. The summed E-state index contributed by atoms with van der Waals surface area (Å²) in [5, 5.41) is 6.01. The maximum Gasteiger partial charge on any atom is 0.246 e. The van der Waals surface area contributed by atoms with Gasteiger partial charge in [0.1, 0.15) is 11.6 Å². The lowest BCUT2D eigenvalue weighted by atomic mass is 9.74. The summed E-state index contributed by atoms with van der Waals surface area (Å²) in [6, 6.07) is 6.84. The van der Waals surface area contributed by atoms with Crippen molar-refractivity contribution in [2.75, 3.05) is 5.32 Å². The number of nitrogens with zero attached hydrogens (tertiary/aromatic N) is 1. The van der Waals surface area contributed by atoms with Crippen LogP contribution in [0.1, 0.15) is 39.2 Å². The number of carbonyl (C=O) groups is 3. The SMILES string of the molecule is Cc1ccccc1NC(=O)C1C2C=CC3(O2)C1C(=O)N(C1CC1)C3C(=O)NC(C)(C)C. The molecule has 1 saturated carbocycles. The van der Waals surface area contributed by atoms with Crippen molar-refractivity contribution in [2.45, 2.75) is 69.9 Å². The zero-order chi connectivity index (χ0) is 22.1. The fraction of sp³-hybridized carbons (Fsp3) is 0.542. The third-order valence-electron chi connectivity index (χ3n) is 6.70. The number of benzene rings is 1. The normalized spacial score (nSPS) is 33.5.